The van der Waals surface area contributed by atoms with Crippen LogP contribution in [0.15, 0.2) is 29.5 Å². The first-order chi connectivity index (χ1) is 14.3. The molecule has 0 bridgehead atoms. The highest BCUT2D eigenvalue weighted by atomic mass is 32.1. The van der Waals surface area contributed by atoms with Crippen LogP contribution in [0.4, 0.5) is 11.6 Å². The number of rotatable bonds is 6. The Morgan fingerprint density at radius 2 is 2.07 bits per heavy atom. The molecule has 0 fully saturated rings. The number of methoxy groups -OCH3 is 1. The second-order valence-corrected chi connectivity index (χ2v) is 7.50. The molecule has 0 amide bonds. The Balaban J connectivity index is 2.24. The molecule has 1 aromatic carbocycles. The number of aromatic amines is 1. The normalized spacial score (nSPS) is 15.5. The molecule has 1 aliphatic rings. The molecule has 0 aliphatic carbocycles. The highest BCUT2D eigenvalue weighted by molar-refractivity contribution is 7.71. The quantitative estimate of drug-likeness (QED) is 0.467. The minimum atomic E-state index is -0.531. The average molecular weight is 431 g/mol. The molecule has 160 valence electrons. The Labute approximate surface area is 180 Å². The van der Waals surface area contributed by atoms with E-state index in [2.05, 4.69) is 15.3 Å². The zero-order valence-electron chi connectivity index (χ0n) is 17.7. The number of benzene rings is 1. The number of aromatic nitrogens is 2. The van der Waals surface area contributed by atoms with Gasteiger partial charge in [-0.3, -0.25) is 0 Å². The van der Waals surface area contributed by atoms with Crippen LogP contribution in [0, 0.1) is 4.77 Å². The predicted molar refractivity (Wildman–Crippen MR) is 117 cm³/mol. The van der Waals surface area contributed by atoms with Gasteiger partial charge in [0.25, 0.3) is 0 Å². The van der Waals surface area contributed by atoms with Crippen molar-refractivity contribution in [3.63, 3.8) is 0 Å². The van der Waals surface area contributed by atoms with Gasteiger partial charge < -0.3 is 30.2 Å². The third-order valence-electron chi connectivity index (χ3n) is 4.67. The number of nitrogen functional groups attached to an aromatic ring is 1. The van der Waals surface area contributed by atoms with Gasteiger partial charge in [-0.2, -0.15) is 0 Å². The molecule has 1 unspecified atom stereocenters. The molecule has 8 nitrogen and oxygen atoms in total. The van der Waals surface area contributed by atoms with Crippen molar-refractivity contribution in [2.45, 2.75) is 39.7 Å². The number of ether oxygens (including phenoxy) is 3. The van der Waals surface area contributed by atoms with E-state index in [9.17, 15) is 4.79 Å². The van der Waals surface area contributed by atoms with E-state index in [-0.39, 0.29) is 10.9 Å². The molecule has 0 saturated carbocycles. The van der Waals surface area contributed by atoms with Crippen LogP contribution in [0.5, 0.6) is 11.5 Å². The van der Waals surface area contributed by atoms with E-state index in [0.29, 0.717) is 46.6 Å². The van der Waals surface area contributed by atoms with Crippen molar-refractivity contribution in [1.82, 2.24) is 9.97 Å². The first-order valence-corrected chi connectivity index (χ1v) is 10.1. The summed E-state index contributed by atoms with van der Waals surface area (Å²) >= 11 is 5.17. The van der Waals surface area contributed by atoms with Gasteiger partial charge in [-0.25, -0.2) is 9.78 Å². The van der Waals surface area contributed by atoms with Crippen LogP contribution in [-0.4, -0.2) is 35.8 Å². The Kier molecular flexibility index (Phi) is 6.31. The Morgan fingerprint density at radius 3 is 2.70 bits per heavy atom. The number of hydrogen-bond donors (Lipinski definition) is 3. The van der Waals surface area contributed by atoms with E-state index in [1.165, 1.54) is 0 Å². The summed E-state index contributed by atoms with van der Waals surface area (Å²) in [4.78, 5) is 20.3. The number of hydrogen-bond acceptors (Lipinski definition) is 8. The minimum absolute atomic E-state index is 0.253. The fourth-order valence-electron chi connectivity index (χ4n) is 3.51. The molecule has 4 N–H and O–H groups in total. The number of carbonyl (C=O) groups is 1. The molecule has 1 atom stereocenters. The molecule has 0 radical (unpaired) electrons. The molecule has 0 spiro atoms. The molecule has 0 saturated heterocycles. The number of H-pyrrole nitrogens is 1. The zero-order valence-corrected chi connectivity index (χ0v) is 18.5. The van der Waals surface area contributed by atoms with Crippen molar-refractivity contribution in [3.8, 4) is 11.5 Å². The second-order valence-electron chi connectivity index (χ2n) is 7.11. The standard InChI is InChI=1S/C21H26N4O4S/c1-6-28-13-8-7-12(9-14(13)27-5)16-15(20(26)29-10(2)3)11(4)23-19-17(16)18(22)24-21(30)25-19/h7-10,16H,6H2,1-5H3,(H4,22,23,24,25,30). The van der Waals surface area contributed by atoms with Crippen LogP contribution in [0.2, 0.25) is 0 Å². The highest BCUT2D eigenvalue weighted by Crippen LogP contribution is 2.45. The maximum Gasteiger partial charge on any atom is 0.337 e. The molecule has 1 aromatic heterocycles. The van der Waals surface area contributed by atoms with E-state index in [0.717, 1.165) is 5.56 Å². The fraction of sp³-hybridized carbons (Fsp3) is 0.381. The molecule has 1 aliphatic heterocycles. The van der Waals surface area contributed by atoms with Crippen LogP contribution >= 0.6 is 12.2 Å². The molecular formula is C21H26N4O4S. The topological polar surface area (TPSA) is 111 Å². The van der Waals surface area contributed by atoms with Crippen LogP contribution in [-0.2, 0) is 9.53 Å². The molecule has 9 heteroatoms. The Hall–Kier alpha value is -3.07. The number of esters is 1. The van der Waals surface area contributed by atoms with Gasteiger partial charge in [0.2, 0.25) is 0 Å². The molecule has 2 heterocycles. The van der Waals surface area contributed by atoms with Gasteiger partial charge in [0, 0.05) is 11.3 Å². The van der Waals surface area contributed by atoms with Gasteiger partial charge in [-0.05, 0) is 57.6 Å². The first-order valence-electron chi connectivity index (χ1n) is 9.66. The van der Waals surface area contributed by atoms with Crippen molar-refractivity contribution in [3.05, 3.63) is 45.4 Å². The number of nitrogens with two attached hydrogens (primary N) is 1. The van der Waals surface area contributed by atoms with Crippen LogP contribution in [0.25, 0.3) is 0 Å². The summed E-state index contributed by atoms with van der Waals surface area (Å²) in [5, 5.41) is 3.15. The Bertz CT molecular complexity index is 1060. The smallest absolute Gasteiger partial charge is 0.337 e. The van der Waals surface area contributed by atoms with Gasteiger partial charge in [0.05, 0.1) is 31.3 Å². The highest BCUT2D eigenvalue weighted by Gasteiger charge is 2.36. The van der Waals surface area contributed by atoms with Crippen molar-refractivity contribution in [2.75, 3.05) is 24.8 Å². The van der Waals surface area contributed by atoms with E-state index >= 15 is 0 Å². The molecule has 2 aromatic rings. The lowest BCUT2D eigenvalue weighted by atomic mass is 9.81. The molecular weight excluding hydrogens is 404 g/mol. The van der Waals surface area contributed by atoms with Gasteiger partial charge in [0.1, 0.15) is 11.6 Å². The second kappa shape index (κ2) is 8.74. The number of anilines is 2. The monoisotopic (exact) mass is 430 g/mol. The van der Waals surface area contributed by atoms with Crippen molar-refractivity contribution in [2.24, 2.45) is 0 Å². The number of nitrogens with one attached hydrogen (secondary N) is 2. The van der Waals surface area contributed by atoms with E-state index < -0.39 is 11.9 Å². The van der Waals surface area contributed by atoms with E-state index in [1.807, 2.05) is 25.1 Å². The lowest BCUT2D eigenvalue weighted by Crippen LogP contribution is -2.27. The van der Waals surface area contributed by atoms with E-state index in [1.54, 1.807) is 27.9 Å². The third kappa shape index (κ3) is 4.11. The summed E-state index contributed by atoms with van der Waals surface area (Å²) in [5.74, 6) is 1.05. The van der Waals surface area contributed by atoms with Gasteiger partial charge in [-0.1, -0.05) is 6.07 Å². The van der Waals surface area contributed by atoms with Gasteiger partial charge in [-0.15, -0.1) is 0 Å². The van der Waals surface area contributed by atoms with Crippen LogP contribution in [0.3, 0.4) is 0 Å². The van der Waals surface area contributed by atoms with Gasteiger partial charge >= 0.3 is 5.97 Å². The number of nitrogens with zero attached hydrogens (tertiary/aromatic N) is 1. The van der Waals surface area contributed by atoms with Crippen molar-refractivity contribution < 1.29 is 19.0 Å². The van der Waals surface area contributed by atoms with Crippen LogP contribution in [0.1, 0.15) is 44.7 Å². The molecule has 3 rings (SSSR count). The third-order valence-corrected chi connectivity index (χ3v) is 4.86. The summed E-state index contributed by atoms with van der Waals surface area (Å²) in [6, 6.07) is 5.53. The van der Waals surface area contributed by atoms with Crippen molar-refractivity contribution >= 4 is 29.8 Å². The summed E-state index contributed by atoms with van der Waals surface area (Å²) in [6.45, 7) is 7.82. The number of fused-ring (bicyclic) bond motifs is 1. The fourth-order valence-corrected chi connectivity index (χ4v) is 3.71. The maximum absolute atomic E-state index is 13.0. The summed E-state index contributed by atoms with van der Waals surface area (Å²) in [7, 11) is 1.57. The molecule has 30 heavy (non-hydrogen) atoms. The van der Waals surface area contributed by atoms with E-state index in [4.69, 9.17) is 32.2 Å². The summed E-state index contributed by atoms with van der Waals surface area (Å²) in [6.07, 6.45) is -0.272. The SMILES string of the molecule is CCOc1ccc(C2C(C(=O)OC(C)C)=C(C)Nc3nc(=S)[nH]c(N)c32)cc1OC. The van der Waals surface area contributed by atoms with Crippen molar-refractivity contribution in [1.29, 1.82) is 0 Å². The summed E-state index contributed by atoms with van der Waals surface area (Å²) < 4.78 is 16.9. The van der Waals surface area contributed by atoms with Gasteiger partial charge in [0.15, 0.2) is 16.3 Å². The lowest BCUT2D eigenvalue weighted by molar-refractivity contribution is -0.142. The van der Waals surface area contributed by atoms with Crippen LogP contribution < -0.4 is 20.5 Å². The summed E-state index contributed by atoms with van der Waals surface area (Å²) in [5.41, 5.74) is 8.77. The number of allylic oxidation sites excluding steroid dienone is 1. The first kappa shape index (κ1) is 21.6. The minimum Gasteiger partial charge on any atom is -0.493 e. The average Bonchev–Trinajstić information content (AvgIpc) is 2.66. The zero-order chi connectivity index (χ0) is 22.0. The maximum atomic E-state index is 13.0. The Morgan fingerprint density at radius 1 is 1.33 bits per heavy atom. The largest absolute Gasteiger partial charge is 0.493 e. The lowest BCUT2D eigenvalue weighted by Gasteiger charge is -2.30. The number of carbonyl (C=O) groups excluding carboxylic acids is 1. The predicted octanol–water partition coefficient (Wildman–Crippen LogP) is 3.91.